The lowest BCUT2D eigenvalue weighted by Gasteiger charge is -2.23. The number of hydrogen-bond acceptors (Lipinski definition) is 3. The Hall–Kier alpha value is -0.610. The molecule has 0 aromatic rings. The zero-order valence-corrected chi connectivity index (χ0v) is 11.0. The second-order valence-corrected chi connectivity index (χ2v) is 4.85. The quantitative estimate of drug-likeness (QED) is 0.684. The Bertz CT molecular complexity index is 230. The van der Waals surface area contributed by atoms with Crippen LogP contribution < -0.4 is 5.32 Å². The molecule has 0 aromatic carbocycles. The highest BCUT2D eigenvalue weighted by Crippen LogP contribution is 2.14. The third-order valence-corrected chi connectivity index (χ3v) is 3.11. The van der Waals surface area contributed by atoms with Crippen LogP contribution in [0, 0.1) is 0 Å². The number of nitrogens with zero attached hydrogens (tertiary/aromatic N) is 2. The van der Waals surface area contributed by atoms with Gasteiger partial charge in [-0.15, -0.1) is 0 Å². The fourth-order valence-electron chi connectivity index (χ4n) is 2.17. The predicted octanol–water partition coefficient (Wildman–Crippen LogP) is 0.885. The minimum absolute atomic E-state index is 0.00111. The number of carbonyl (C=O) groups is 1. The summed E-state index contributed by atoms with van der Waals surface area (Å²) in [4.78, 5) is 16.0. The van der Waals surface area contributed by atoms with Crippen molar-refractivity contribution in [2.75, 3.05) is 27.2 Å². The molecule has 1 heterocycles. The van der Waals surface area contributed by atoms with E-state index in [1.165, 1.54) is 0 Å². The van der Waals surface area contributed by atoms with Gasteiger partial charge in [0.1, 0.15) is 0 Å². The summed E-state index contributed by atoms with van der Waals surface area (Å²) in [6, 6.07) is -0.00111. The number of nitrogens with one attached hydrogen (secondary N) is 1. The van der Waals surface area contributed by atoms with Crippen LogP contribution in [0.2, 0.25) is 0 Å². The fraction of sp³-hybridized carbons (Fsp3) is 0.917. The molecule has 2 atom stereocenters. The van der Waals surface area contributed by atoms with E-state index >= 15 is 0 Å². The monoisotopic (exact) mass is 227 g/mol. The van der Waals surface area contributed by atoms with Crippen LogP contribution in [0.4, 0.5) is 0 Å². The summed E-state index contributed by atoms with van der Waals surface area (Å²) < 4.78 is 0. The van der Waals surface area contributed by atoms with Crippen LogP contribution >= 0.6 is 0 Å². The molecule has 4 heteroatoms. The number of carbonyl (C=O) groups excluding carboxylic acids is 1. The highest BCUT2D eigenvalue weighted by atomic mass is 16.2. The van der Waals surface area contributed by atoms with Crippen LogP contribution in [0.1, 0.15) is 33.1 Å². The highest BCUT2D eigenvalue weighted by Gasteiger charge is 2.34. The summed E-state index contributed by atoms with van der Waals surface area (Å²) in [6.07, 6.45) is 3.49. The second-order valence-electron chi connectivity index (χ2n) is 4.85. The summed E-state index contributed by atoms with van der Waals surface area (Å²) in [5.74, 6) is 0.261. The van der Waals surface area contributed by atoms with E-state index in [9.17, 15) is 4.79 Å². The molecule has 0 saturated carbocycles. The Morgan fingerprint density at radius 3 is 2.62 bits per heavy atom. The molecule has 0 spiro atoms. The summed E-state index contributed by atoms with van der Waals surface area (Å²) in [5.41, 5.74) is 0. The van der Waals surface area contributed by atoms with E-state index < -0.39 is 0 Å². The first-order chi connectivity index (χ1) is 7.56. The van der Waals surface area contributed by atoms with Gasteiger partial charge in [0.05, 0.1) is 12.2 Å². The van der Waals surface area contributed by atoms with Crippen molar-refractivity contribution < 1.29 is 4.79 Å². The average molecular weight is 227 g/mol. The van der Waals surface area contributed by atoms with E-state index in [0.717, 1.165) is 32.4 Å². The van der Waals surface area contributed by atoms with Crippen molar-refractivity contribution in [1.29, 1.82) is 0 Å². The van der Waals surface area contributed by atoms with E-state index in [-0.39, 0.29) is 18.1 Å². The molecule has 1 saturated heterocycles. The van der Waals surface area contributed by atoms with Crippen molar-refractivity contribution in [3.63, 3.8) is 0 Å². The van der Waals surface area contributed by atoms with Gasteiger partial charge in [-0.1, -0.05) is 6.92 Å². The minimum atomic E-state index is -0.00111. The van der Waals surface area contributed by atoms with Crippen LogP contribution in [-0.2, 0) is 4.79 Å². The van der Waals surface area contributed by atoms with Crippen molar-refractivity contribution in [2.24, 2.45) is 0 Å². The molecule has 1 amide bonds. The molecule has 0 aliphatic carbocycles. The number of unbranched alkanes of at least 4 members (excludes halogenated alkanes) is 1. The Balaban J connectivity index is 2.31. The van der Waals surface area contributed by atoms with Gasteiger partial charge in [-0.2, -0.15) is 0 Å². The van der Waals surface area contributed by atoms with Crippen LogP contribution in [-0.4, -0.2) is 55.1 Å². The van der Waals surface area contributed by atoms with Gasteiger partial charge in [-0.05, 0) is 46.8 Å². The molecule has 1 aliphatic heterocycles. The van der Waals surface area contributed by atoms with E-state index in [1.54, 1.807) is 0 Å². The van der Waals surface area contributed by atoms with E-state index in [1.807, 2.05) is 11.8 Å². The van der Waals surface area contributed by atoms with Crippen LogP contribution in [0.15, 0.2) is 0 Å². The first-order valence-corrected chi connectivity index (χ1v) is 6.27. The topological polar surface area (TPSA) is 35.6 Å². The molecule has 1 N–H and O–H groups in total. The van der Waals surface area contributed by atoms with Crippen LogP contribution in [0.3, 0.4) is 0 Å². The summed E-state index contributed by atoms with van der Waals surface area (Å²) >= 11 is 0. The first-order valence-electron chi connectivity index (χ1n) is 6.27. The summed E-state index contributed by atoms with van der Waals surface area (Å²) in [6.45, 7) is 6.06. The van der Waals surface area contributed by atoms with Crippen molar-refractivity contribution in [3.8, 4) is 0 Å². The maximum Gasteiger partial charge on any atom is 0.240 e. The van der Waals surface area contributed by atoms with Gasteiger partial charge >= 0.3 is 0 Å². The number of rotatable bonds is 6. The van der Waals surface area contributed by atoms with E-state index in [0.29, 0.717) is 0 Å². The zero-order valence-electron chi connectivity index (χ0n) is 11.0. The molecule has 1 aliphatic rings. The molecule has 16 heavy (non-hydrogen) atoms. The second kappa shape index (κ2) is 6.21. The minimum Gasteiger partial charge on any atom is -0.326 e. The van der Waals surface area contributed by atoms with E-state index in [2.05, 4.69) is 31.2 Å². The van der Waals surface area contributed by atoms with Gasteiger partial charge in [-0.25, -0.2) is 0 Å². The third-order valence-electron chi connectivity index (χ3n) is 3.11. The molecule has 4 nitrogen and oxygen atoms in total. The smallest absolute Gasteiger partial charge is 0.240 e. The Morgan fingerprint density at radius 1 is 1.38 bits per heavy atom. The lowest BCUT2D eigenvalue weighted by molar-refractivity contribution is -0.129. The van der Waals surface area contributed by atoms with Gasteiger partial charge in [0, 0.05) is 6.54 Å². The molecule has 1 fully saturated rings. The fourth-order valence-corrected chi connectivity index (χ4v) is 2.17. The van der Waals surface area contributed by atoms with Gasteiger partial charge < -0.3 is 9.80 Å². The van der Waals surface area contributed by atoms with Crippen molar-refractivity contribution in [1.82, 2.24) is 15.1 Å². The molecule has 2 unspecified atom stereocenters. The molecule has 0 bridgehead atoms. The van der Waals surface area contributed by atoms with Gasteiger partial charge in [0.15, 0.2) is 0 Å². The standard InChI is InChI=1S/C12H25N3O/c1-5-11-13-10(2)12(16)15(11)9-7-6-8-14(3)4/h10-11,13H,5-9H2,1-4H3. The molecule has 0 aromatic heterocycles. The molecule has 0 radical (unpaired) electrons. The van der Waals surface area contributed by atoms with Crippen LogP contribution in [0.5, 0.6) is 0 Å². The first kappa shape index (κ1) is 13.5. The van der Waals surface area contributed by atoms with Gasteiger partial charge in [0.25, 0.3) is 0 Å². The Labute approximate surface area is 99.0 Å². The molecule has 94 valence electrons. The van der Waals surface area contributed by atoms with Crippen molar-refractivity contribution >= 4 is 5.91 Å². The summed E-state index contributed by atoms with van der Waals surface area (Å²) in [5, 5.41) is 3.32. The predicted molar refractivity (Wildman–Crippen MR) is 66.2 cm³/mol. The van der Waals surface area contributed by atoms with Crippen molar-refractivity contribution in [2.45, 2.75) is 45.3 Å². The third kappa shape index (κ3) is 3.46. The lowest BCUT2D eigenvalue weighted by atomic mass is 10.2. The summed E-state index contributed by atoms with van der Waals surface area (Å²) in [7, 11) is 4.17. The normalized spacial score (nSPS) is 25.8. The lowest BCUT2D eigenvalue weighted by Crippen LogP contribution is -2.37. The Morgan fingerprint density at radius 2 is 2.06 bits per heavy atom. The molecular formula is C12H25N3O. The van der Waals surface area contributed by atoms with E-state index in [4.69, 9.17) is 0 Å². The number of hydrogen-bond donors (Lipinski definition) is 1. The Kier molecular flexibility index (Phi) is 5.22. The SMILES string of the molecule is CCC1NC(C)C(=O)N1CCCCN(C)C. The zero-order chi connectivity index (χ0) is 12.1. The van der Waals surface area contributed by atoms with Crippen molar-refractivity contribution in [3.05, 3.63) is 0 Å². The largest absolute Gasteiger partial charge is 0.326 e. The highest BCUT2D eigenvalue weighted by molar-refractivity contribution is 5.83. The molecular weight excluding hydrogens is 202 g/mol. The maximum absolute atomic E-state index is 11.9. The number of amides is 1. The average Bonchev–Trinajstić information content (AvgIpc) is 2.50. The van der Waals surface area contributed by atoms with Gasteiger partial charge in [-0.3, -0.25) is 10.1 Å². The maximum atomic E-state index is 11.9. The molecule has 1 rings (SSSR count). The van der Waals surface area contributed by atoms with Crippen LogP contribution in [0.25, 0.3) is 0 Å². The van der Waals surface area contributed by atoms with Gasteiger partial charge in [0.2, 0.25) is 5.91 Å².